The molecule has 0 spiro atoms. The predicted octanol–water partition coefficient (Wildman–Crippen LogP) is 4.94. The minimum Gasteiger partial charge on any atom is -0.464 e. The largest absolute Gasteiger partial charge is 0.464 e. The summed E-state index contributed by atoms with van der Waals surface area (Å²) in [5.41, 5.74) is 6.77. The summed E-state index contributed by atoms with van der Waals surface area (Å²) in [7, 11) is -0.518. The Bertz CT molecular complexity index is 1810. The first-order valence-electron chi connectivity index (χ1n) is 14.9. The molecule has 1 saturated heterocycles. The molecule has 0 bridgehead atoms. The highest BCUT2D eigenvalue weighted by atomic mass is 31.2. The SMILES string of the molecule is C#C[C@H]1C[C@@H](CO[P@@](=O)(N[C@H](C)C(=O)OCC(C)(C)C)Oc2cccc3ccccc23)O[C@H]1n1cnc2c(N(C)C)nc(N)nc21. The molecule has 0 radical (unpaired) electrons. The molecule has 46 heavy (non-hydrogen) atoms. The van der Waals surface area contributed by atoms with Crippen molar-refractivity contribution in [1.29, 1.82) is 0 Å². The Labute approximate surface area is 268 Å². The number of carbonyl (C=O) groups excluding carboxylic acids is 1. The van der Waals surface area contributed by atoms with Gasteiger partial charge in [-0.2, -0.15) is 15.1 Å². The van der Waals surface area contributed by atoms with Gasteiger partial charge in [0.1, 0.15) is 11.8 Å². The van der Waals surface area contributed by atoms with E-state index in [2.05, 4.69) is 26.0 Å². The number of fused-ring (bicyclic) bond motifs is 2. The third-order valence-corrected chi connectivity index (χ3v) is 8.91. The van der Waals surface area contributed by atoms with E-state index in [0.717, 1.165) is 10.8 Å². The zero-order valence-corrected chi connectivity index (χ0v) is 27.7. The van der Waals surface area contributed by atoms with Crippen molar-refractivity contribution >= 4 is 47.4 Å². The van der Waals surface area contributed by atoms with Gasteiger partial charge < -0.3 is 24.6 Å². The standard InChI is InChI=1S/C32H40N7O6P/c1-8-21-16-23(44-29(21)39-19-34-26-27(38(6)7)35-31(33)36-28(26)39)17-43-46(41,37-20(2)30(40)42-18-32(3,4)5)45-25-15-11-13-22-12-9-10-14-24(22)25/h1,9-15,19-21,23,29H,16-18H2,2-7H3,(H,37,41)(H2,33,35,36)/t20-,21+,23+,29-,46+/m1/s1. The number of nitrogens with zero attached hydrogens (tertiary/aromatic N) is 5. The van der Waals surface area contributed by atoms with E-state index in [0.29, 0.717) is 29.2 Å². The van der Waals surface area contributed by atoms with Crippen LogP contribution in [0.15, 0.2) is 48.8 Å². The highest BCUT2D eigenvalue weighted by Crippen LogP contribution is 2.48. The summed E-state index contributed by atoms with van der Waals surface area (Å²) in [6.07, 6.45) is 6.68. The Morgan fingerprint density at radius 2 is 1.98 bits per heavy atom. The van der Waals surface area contributed by atoms with Crippen molar-refractivity contribution in [2.75, 3.05) is 37.9 Å². The molecule has 0 amide bonds. The van der Waals surface area contributed by atoms with Crippen molar-refractivity contribution < 1.29 is 27.9 Å². The summed E-state index contributed by atoms with van der Waals surface area (Å²) in [5.74, 6) is 2.79. The smallest absolute Gasteiger partial charge is 0.459 e. The molecule has 3 N–H and O–H groups in total. The van der Waals surface area contributed by atoms with Gasteiger partial charge in [-0.05, 0) is 30.2 Å². The zero-order valence-electron chi connectivity index (χ0n) is 26.8. The minimum absolute atomic E-state index is 0.0841. The van der Waals surface area contributed by atoms with E-state index in [1.54, 1.807) is 34.9 Å². The molecule has 14 heteroatoms. The summed E-state index contributed by atoms with van der Waals surface area (Å²) in [4.78, 5) is 27.8. The maximum atomic E-state index is 14.4. The fourth-order valence-electron chi connectivity index (χ4n) is 5.06. The second-order valence-electron chi connectivity index (χ2n) is 12.7. The third-order valence-electron chi connectivity index (χ3n) is 7.28. The molecule has 0 unspecified atom stereocenters. The zero-order chi connectivity index (χ0) is 33.2. The first-order chi connectivity index (χ1) is 21.8. The molecule has 244 valence electrons. The Morgan fingerprint density at radius 3 is 2.70 bits per heavy atom. The lowest BCUT2D eigenvalue weighted by Gasteiger charge is -2.25. The number of benzene rings is 2. The van der Waals surface area contributed by atoms with Gasteiger partial charge in [0.2, 0.25) is 5.95 Å². The van der Waals surface area contributed by atoms with Crippen molar-refractivity contribution in [3.63, 3.8) is 0 Å². The van der Waals surface area contributed by atoms with E-state index in [9.17, 15) is 9.36 Å². The van der Waals surface area contributed by atoms with E-state index in [1.807, 2.05) is 65.2 Å². The number of rotatable bonds is 11. The Morgan fingerprint density at radius 1 is 1.24 bits per heavy atom. The monoisotopic (exact) mass is 649 g/mol. The van der Waals surface area contributed by atoms with Crippen LogP contribution in [0.3, 0.4) is 0 Å². The molecule has 1 aliphatic rings. The molecule has 2 aromatic heterocycles. The number of imidazole rings is 1. The molecule has 0 saturated carbocycles. The Kier molecular flexibility index (Phi) is 9.56. The number of aromatic nitrogens is 4. The number of esters is 1. The number of hydrogen-bond donors (Lipinski definition) is 2. The van der Waals surface area contributed by atoms with Gasteiger partial charge in [0.05, 0.1) is 31.6 Å². The van der Waals surface area contributed by atoms with Crippen LogP contribution in [0.25, 0.3) is 21.9 Å². The number of carbonyl (C=O) groups is 1. The van der Waals surface area contributed by atoms with Gasteiger partial charge in [-0.25, -0.2) is 9.55 Å². The van der Waals surface area contributed by atoms with Gasteiger partial charge in [-0.15, -0.1) is 6.42 Å². The topological polar surface area (TPSA) is 156 Å². The average Bonchev–Trinajstić information content (AvgIpc) is 3.61. The predicted molar refractivity (Wildman–Crippen MR) is 176 cm³/mol. The van der Waals surface area contributed by atoms with Gasteiger partial charge in [0.25, 0.3) is 0 Å². The van der Waals surface area contributed by atoms with Crippen LogP contribution in [0.5, 0.6) is 5.75 Å². The fourth-order valence-corrected chi connectivity index (χ4v) is 6.60. The number of terminal acetylenes is 1. The summed E-state index contributed by atoms with van der Waals surface area (Å²) < 4.78 is 39.9. The van der Waals surface area contributed by atoms with Crippen molar-refractivity contribution in [2.24, 2.45) is 11.3 Å². The number of anilines is 2. The molecular weight excluding hydrogens is 609 g/mol. The Balaban J connectivity index is 1.37. The first-order valence-corrected chi connectivity index (χ1v) is 16.5. The van der Waals surface area contributed by atoms with E-state index >= 15 is 0 Å². The molecule has 2 aromatic carbocycles. The maximum Gasteiger partial charge on any atom is 0.459 e. The van der Waals surface area contributed by atoms with Crippen LogP contribution in [-0.2, 0) is 23.4 Å². The lowest BCUT2D eigenvalue weighted by molar-refractivity contribution is -0.148. The lowest BCUT2D eigenvalue weighted by Crippen LogP contribution is -2.37. The maximum absolute atomic E-state index is 14.4. The van der Waals surface area contributed by atoms with Crippen LogP contribution < -0.4 is 20.2 Å². The van der Waals surface area contributed by atoms with Crippen LogP contribution in [0.2, 0.25) is 0 Å². The molecular formula is C32H40N7O6P. The fraction of sp³-hybridized carbons (Fsp3) is 0.438. The van der Waals surface area contributed by atoms with Crippen molar-refractivity contribution in [3.05, 3.63) is 48.8 Å². The molecule has 3 heterocycles. The van der Waals surface area contributed by atoms with Crippen molar-refractivity contribution in [2.45, 2.75) is 52.5 Å². The van der Waals surface area contributed by atoms with Crippen LogP contribution in [-0.4, -0.2) is 64.9 Å². The minimum atomic E-state index is -4.19. The second kappa shape index (κ2) is 13.3. The van der Waals surface area contributed by atoms with Crippen LogP contribution >= 0.6 is 7.75 Å². The molecule has 1 fully saturated rings. The van der Waals surface area contributed by atoms with Gasteiger partial charge >= 0.3 is 13.7 Å². The van der Waals surface area contributed by atoms with Gasteiger partial charge in [0.15, 0.2) is 23.2 Å². The van der Waals surface area contributed by atoms with Gasteiger partial charge in [0, 0.05) is 19.5 Å². The lowest BCUT2D eigenvalue weighted by atomic mass is 9.99. The van der Waals surface area contributed by atoms with Gasteiger partial charge in [-0.1, -0.05) is 63.1 Å². The van der Waals surface area contributed by atoms with Crippen LogP contribution in [0, 0.1) is 23.7 Å². The molecule has 13 nitrogen and oxygen atoms in total. The quantitative estimate of drug-likeness (QED) is 0.128. The number of nitrogens with two attached hydrogens (primary N) is 1. The summed E-state index contributed by atoms with van der Waals surface area (Å²) >= 11 is 0. The molecule has 4 aromatic rings. The van der Waals surface area contributed by atoms with Crippen molar-refractivity contribution in [3.8, 4) is 18.1 Å². The number of ether oxygens (including phenoxy) is 2. The van der Waals surface area contributed by atoms with E-state index in [-0.39, 0.29) is 30.5 Å². The number of nitrogens with one attached hydrogen (secondary N) is 1. The highest BCUT2D eigenvalue weighted by Gasteiger charge is 2.40. The van der Waals surface area contributed by atoms with Crippen molar-refractivity contribution in [1.82, 2.24) is 24.6 Å². The number of nitrogen functional groups attached to an aromatic ring is 1. The first kappa shape index (κ1) is 33.2. The van der Waals surface area contributed by atoms with E-state index < -0.39 is 32.1 Å². The van der Waals surface area contributed by atoms with Crippen LogP contribution in [0.4, 0.5) is 11.8 Å². The molecule has 5 rings (SSSR count). The Hall–Kier alpha value is -4.21. The summed E-state index contributed by atoms with van der Waals surface area (Å²) in [5, 5.41) is 4.38. The third kappa shape index (κ3) is 7.43. The summed E-state index contributed by atoms with van der Waals surface area (Å²) in [6.45, 7) is 7.43. The molecule has 0 aliphatic carbocycles. The normalized spacial score (nSPS) is 20.2. The number of hydrogen-bond acceptors (Lipinski definition) is 11. The van der Waals surface area contributed by atoms with E-state index in [1.165, 1.54) is 0 Å². The highest BCUT2D eigenvalue weighted by molar-refractivity contribution is 7.52. The average molecular weight is 650 g/mol. The molecule has 5 atom stereocenters. The second-order valence-corrected chi connectivity index (χ2v) is 14.4. The van der Waals surface area contributed by atoms with E-state index in [4.69, 9.17) is 30.7 Å². The summed E-state index contributed by atoms with van der Waals surface area (Å²) in [6, 6.07) is 11.9. The van der Waals surface area contributed by atoms with Gasteiger partial charge in [-0.3, -0.25) is 13.9 Å². The van der Waals surface area contributed by atoms with Crippen LogP contribution in [0.1, 0.15) is 40.3 Å². The molecule has 1 aliphatic heterocycles.